The second kappa shape index (κ2) is 5.49. The van der Waals surface area contributed by atoms with E-state index in [4.69, 9.17) is 9.31 Å². The van der Waals surface area contributed by atoms with Crippen LogP contribution in [0.1, 0.15) is 33.3 Å². The number of nitrogens with zero attached hydrogens (tertiary/aromatic N) is 2. The zero-order chi connectivity index (χ0) is 16.7. The van der Waals surface area contributed by atoms with Crippen LogP contribution in [0.4, 0.5) is 0 Å². The molecule has 0 amide bonds. The largest absolute Gasteiger partial charge is 0.494 e. The average Bonchev–Trinajstić information content (AvgIpc) is 2.76. The average molecular weight is 306 g/mol. The number of benzene rings is 1. The third kappa shape index (κ3) is 2.88. The SMILES string of the molecule is CC1(C)OB(c2cc(C#N)cc(-c3ccncc3)c2)OC1(C)C. The van der Waals surface area contributed by atoms with Crippen molar-refractivity contribution < 1.29 is 9.31 Å². The molecule has 1 aliphatic rings. The Morgan fingerprint density at radius 3 is 2.13 bits per heavy atom. The maximum Gasteiger partial charge on any atom is 0.494 e. The number of pyridine rings is 1. The number of nitriles is 1. The maximum absolute atomic E-state index is 9.34. The Morgan fingerprint density at radius 1 is 0.957 bits per heavy atom. The monoisotopic (exact) mass is 306 g/mol. The lowest BCUT2D eigenvalue weighted by Crippen LogP contribution is -2.41. The normalized spacial score (nSPS) is 18.7. The fourth-order valence-electron chi connectivity index (χ4n) is 2.54. The van der Waals surface area contributed by atoms with Gasteiger partial charge in [-0.25, -0.2) is 0 Å². The minimum atomic E-state index is -0.478. The van der Waals surface area contributed by atoms with Crippen LogP contribution < -0.4 is 5.46 Å². The van der Waals surface area contributed by atoms with Crippen LogP contribution in [-0.4, -0.2) is 23.3 Å². The van der Waals surface area contributed by atoms with E-state index in [2.05, 4.69) is 11.1 Å². The van der Waals surface area contributed by atoms with Gasteiger partial charge in [0, 0.05) is 12.4 Å². The molecular formula is C18H19BN2O2. The van der Waals surface area contributed by atoms with Gasteiger partial charge in [-0.2, -0.15) is 5.26 Å². The second-order valence-electron chi connectivity index (χ2n) is 6.78. The van der Waals surface area contributed by atoms with Crippen molar-refractivity contribution >= 4 is 12.6 Å². The van der Waals surface area contributed by atoms with Crippen LogP contribution in [0.3, 0.4) is 0 Å². The highest BCUT2D eigenvalue weighted by atomic mass is 16.7. The lowest BCUT2D eigenvalue weighted by molar-refractivity contribution is 0.00578. The predicted molar refractivity (Wildman–Crippen MR) is 90.1 cm³/mol. The van der Waals surface area contributed by atoms with Gasteiger partial charge in [0.1, 0.15) is 0 Å². The van der Waals surface area contributed by atoms with Gasteiger partial charge < -0.3 is 9.31 Å². The summed E-state index contributed by atoms with van der Waals surface area (Å²) in [4.78, 5) is 4.04. The van der Waals surface area contributed by atoms with Gasteiger partial charge in [-0.05, 0) is 68.6 Å². The first-order valence-corrected chi connectivity index (χ1v) is 7.63. The fourth-order valence-corrected chi connectivity index (χ4v) is 2.54. The number of hydrogen-bond acceptors (Lipinski definition) is 4. The fraction of sp³-hybridized carbons (Fsp3) is 0.333. The summed E-state index contributed by atoms with van der Waals surface area (Å²) in [7, 11) is -0.478. The van der Waals surface area contributed by atoms with Crippen LogP contribution in [0.2, 0.25) is 0 Å². The van der Waals surface area contributed by atoms with E-state index in [9.17, 15) is 5.26 Å². The maximum atomic E-state index is 9.34. The van der Waals surface area contributed by atoms with E-state index in [1.165, 1.54) is 0 Å². The number of hydrogen-bond donors (Lipinski definition) is 0. The summed E-state index contributed by atoms with van der Waals surface area (Å²) in [6.45, 7) is 8.08. The van der Waals surface area contributed by atoms with Gasteiger partial charge in [-0.1, -0.05) is 6.07 Å². The van der Waals surface area contributed by atoms with Gasteiger partial charge in [-0.3, -0.25) is 4.98 Å². The van der Waals surface area contributed by atoms with Gasteiger partial charge in [0.2, 0.25) is 0 Å². The lowest BCUT2D eigenvalue weighted by Gasteiger charge is -2.32. The molecule has 0 atom stereocenters. The van der Waals surface area contributed by atoms with E-state index < -0.39 is 18.3 Å². The van der Waals surface area contributed by atoms with Crippen molar-refractivity contribution in [1.29, 1.82) is 5.26 Å². The molecule has 1 saturated heterocycles. The van der Waals surface area contributed by atoms with Gasteiger partial charge >= 0.3 is 7.12 Å². The first kappa shape index (κ1) is 15.7. The molecule has 0 unspecified atom stereocenters. The Balaban J connectivity index is 2.03. The van der Waals surface area contributed by atoms with Crippen LogP contribution in [-0.2, 0) is 9.31 Å². The second-order valence-corrected chi connectivity index (χ2v) is 6.78. The van der Waals surface area contributed by atoms with Crippen molar-refractivity contribution in [3.05, 3.63) is 48.3 Å². The molecule has 2 aromatic rings. The zero-order valence-corrected chi connectivity index (χ0v) is 13.8. The third-order valence-corrected chi connectivity index (χ3v) is 4.62. The Bertz CT molecular complexity index is 750. The van der Waals surface area contributed by atoms with E-state index in [1.54, 1.807) is 12.4 Å². The van der Waals surface area contributed by atoms with Crippen LogP contribution in [0.25, 0.3) is 11.1 Å². The van der Waals surface area contributed by atoms with E-state index in [0.29, 0.717) is 5.56 Å². The molecule has 5 heteroatoms. The molecule has 1 aliphatic heterocycles. The highest BCUT2D eigenvalue weighted by Gasteiger charge is 2.51. The topological polar surface area (TPSA) is 55.1 Å². The molecule has 1 aromatic heterocycles. The van der Waals surface area contributed by atoms with Crippen molar-refractivity contribution in [1.82, 2.24) is 4.98 Å². The Hall–Kier alpha value is -2.16. The Kier molecular flexibility index (Phi) is 3.75. The van der Waals surface area contributed by atoms with Gasteiger partial charge in [0.05, 0.1) is 22.8 Å². The third-order valence-electron chi connectivity index (χ3n) is 4.62. The van der Waals surface area contributed by atoms with Crippen LogP contribution in [0, 0.1) is 11.3 Å². The van der Waals surface area contributed by atoms with Crippen molar-refractivity contribution in [3.8, 4) is 17.2 Å². The quantitative estimate of drug-likeness (QED) is 0.801. The van der Waals surface area contributed by atoms with E-state index in [-0.39, 0.29) is 0 Å². The van der Waals surface area contributed by atoms with Crippen LogP contribution in [0.5, 0.6) is 0 Å². The predicted octanol–water partition coefficient (Wildman–Crippen LogP) is 2.92. The van der Waals surface area contributed by atoms with Gasteiger partial charge in [0.15, 0.2) is 0 Å². The van der Waals surface area contributed by atoms with Gasteiger partial charge in [0.25, 0.3) is 0 Å². The minimum absolute atomic E-state index is 0.406. The lowest BCUT2D eigenvalue weighted by atomic mass is 9.77. The van der Waals surface area contributed by atoms with Crippen molar-refractivity contribution in [2.45, 2.75) is 38.9 Å². The molecule has 116 valence electrons. The molecular weight excluding hydrogens is 287 g/mol. The summed E-state index contributed by atoms with van der Waals surface area (Å²) in [6, 6.07) is 11.8. The Labute approximate surface area is 137 Å². The molecule has 3 rings (SSSR count). The molecule has 1 fully saturated rings. The molecule has 0 aliphatic carbocycles. The van der Waals surface area contributed by atoms with Crippen molar-refractivity contribution in [3.63, 3.8) is 0 Å². The molecule has 23 heavy (non-hydrogen) atoms. The summed E-state index contributed by atoms with van der Waals surface area (Å²) >= 11 is 0. The first-order valence-electron chi connectivity index (χ1n) is 7.63. The molecule has 0 bridgehead atoms. The highest BCUT2D eigenvalue weighted by Crippen LogP contribution is 2.36. The smallest absolute Gasteiger partial charge is 0.399 e. The Morgan fingerprint density at radius 2 is 1.57 bits per heavy atom. The summed E-state index contributed by atoms with van der Waals surface area (Å²) in [5.74, 6) is 0. The van der Waals surface area contributed by atoms with Crippen LogP contribution in [0.15, 0.2) is 42.7 Å². The summed E-state index contributed by atoms with van der Waals surface area (Å²) in [5, 5.41) is 9.34. The van der Waals surface area contributed by atoms with Crippen LogP contribution >= 0.6 is 0 Å². The standard InChI is InChI=1S/C18H19BN2O2/c1-17(2)18(3,4)23-19(22-17)16-10-13(12-20)9-15(11-16)14-5-7-21-8-6-14/h5-11H,1-4H3. The number of aromatic nitrogens is 1. The molecule has 2 heterocycles. The van der Waals surface area contributed by atoms with Crippen molar-refractivity contribution in [2.24, 2.45) is 0 Å². The summed E-state index contributed by atoms with van der Waals surface area (Å²) < 4.78 is 12.2. The molecule has 0 radical (unpaired) electrons. The van der Waals surface area contributed by atoms with E-state index >= 15 is 0 Å². The minimum Gasteiger partial charge on any atom is -0.399 e. The summed E-state index contributed by atoms with van der Waals surface area (Å²) in [6.07, 6.45) is 3.48. The molecule has 4 nitrogen and oxygen atoms in total. The van der Waals surface area contributed by atoms with Gasteiger partial charge in [-0.15, -0.1) is 0 Å². The number of rotatable bonds is 2. The first-order chi connectivity index (χ1) is 10.8. The molecule has 1 aromatic carbocycles. The van der Waals surface area contributed by atoms with E-state index in [0.717, 1.165) is 16.6 Å². The molecule has 0 saturated carbocycles. The molecule has 0 N–H and O–H groups in total. The highest BCUT2D eigenvalue weighted by molar-refractivity contribution is 6.62. The van der Waals surface area contributed by atoms with Crippen molar-refractivity contribution in [2.75, 3.05) is 0 Å². The zero-order valence-electron chi connectivity index (χ0n) is 13.8. The molecule has 0 spiro atoms. The summed E-state index contributed by atoms with van der Waals surface area (Å²) in [5.41, 5.74) is 2.60. The van der Waals surface area contributed by atoms with E-state index in [1.807, 2.05) is 58.0 Å².